The van der Waals surface area contributed by atoms with Crippen molar-refractivity contribution < 1.29 is 19.1 Å². The summed E-state index contributed by atoms with van der Waals surface area (Å²) in [5.41, 5.74) is 0.976. The molecule has 30 heavy (non-hydrogen) atoms. The number of benzene rings is 2. The third-order valence-electron chi connectivity index (χ3n) is 4.85. The lowest BCUT2D eigenvalue weighted by molar-refractivity contribution is -0.152. The van der Waals surface area contributed by atoms with Crippen molar-refractivity contribution in [3.8, 4) is 5.75 Å². The fraction of sp³-hybridized carbons (Fsp3) is 0.304. The number of halogens is 2. The number of amides is 1. The van der Waals surface area contributed by atoms with Crippen LogP contribution in [-0.2, 0) is 14.3 Å². The first-order valence-electron chi connectivity index (χ1n) is 9.80. The van der Waals surface area contributed by atoms with Gasteiger partial charge >= 0.3 is 5.97 Å². The molecule has 0 unspecified atom stereocenters. The molecule has 158 valence electrons. The lowest BCUT2D eigenvalue weighted by Crippen LogP contribution is -2.40. The smallest absolute Gasteiger partial charge is 0.309 e. The van der Waals surface area contributed by atoms with Crippen LogP contribution in [-0.4, -0.2) is 43.1 Å². The molecule has 0 radical (unpaired) electrons. The standard InChI is InChI=1S/C23H23Cl2NO4/c24-19-7-4-8-20(25)22(19)29-15-16-30-23(28)18-11-13-26(14-12-18)21(27)10-9-17-5-2-1-3-6-17/h1-10,18H,11-16H2/b10-9+. The van der Waals surface area contributed by atoms with Gasteiger partial charge in [0.2, 0.25) is 5.91 Å². The number of carbonyl (C=O) groups is 2. The molecule has 1 heterocycles. The summed E-state index contributed by atoms with van der Waals surface area (Å²) in [6.07, 6.45) is 4.54. The molecule has 0 aliphatic carbocycles. The quantitative estimate of drug-likeness (QED) is 0.345. The van der Waals surface area contributed by atoms with Crippen molar-refractivity contribution in [2.75, 3.05) is 26.3 Å². The van der Waals surface area contributed by atoms with Crippen LogP contribution in [0.5, 0.6) is 5.75 Å². The SMILES string of the molecule is O=C(OCCOc1c(Cl)cccc1Cl)C1CCN(C(=O)/C=C/c2ccccc2)CC1. The van der Waals surface area contributed by atoms with Crippen LogP contribution in [0, 0.1) is 5.92 Å². The Labute approximate surface area is 186 Å². The largest absolute Gasteiger partial charge is 0.487 e. The molecule has 1 fully saturated rings. The van der Waals surface area contributed by atoms with Crippen molar-refractivity contribution in [1.82, 2.24) is 4.90 Å². The van der Waals surface area contributed by atoms with Gasteiger partial charge in [-0.05, 0) is 36.6 Å². The van der Waals surface area contributed by atoms with Gasteiger partial charge in [-0.15, -0.1) is 0 Å². The van der Waals surface area contributed by atoms with Crippen molar-refractivity contribution in [2.45, 2.75) is 12.8 Å². The maximum absolute atomic E-state index is 12.3. The Balaban J connectivity index is 1.37. The van der Waals surface area contributed by atoms with Gasteiger partial charge in [0.1, 0.15) is 13.2 Å². The van der Waals surface area contributed by atoms with E-state index in [1.165, 1.54) is 0 Å². The molecule has 1 amide bonds. The van der Waals surface area contributed by atoms with Crippen LogP contribution in [0.1, 0.15) is 18.4 Å². The highest BCUT2D eigenvalue weighted by Crippen LogP contribution is 2.32. The van der Waals surface area contributed by atoms with E-state index < -0.39 is 0 Å². The van der Waals surface area contributed by atoms with Gasteiger partial charge in [0.15, 0.2) is 5.75 Å². The number of ether oxygens (including phenoxy) is 2. The van der Waals surface area contributed by atoms with Crippen molar-refractivity contribution in [1.29, 1.82) is 0 Å². The predicted molar refractivity (Wildman–Crippen MR) is 118 cm³/mol. The first-order valence-corrected chi connectivity index (χ1v) is 10.6. The Morgan fingerprint density at radius 2 is 1.63 bits per heavy atom. The van der Waals surface area contributed by atoms with Crippen LogP contribution in [0.4, 0.5) is 0 Å². The molecule has 5 nitrogen and oxygen atoms in total. The second-order valence-corrected chi connectivity index (χ2v) is 7.72. The van der Waals surface area contributed by atoms with Gasteiger partial charge in [0, 0.05) is 19.2 Å². The summed E-state index contributed by atoms with van der Waals surface area (Å²) in [4.78, 5) is 26.4. The monoisotopic (exact) mass is 447 g/mol. The predicted octanol–water partition coefficient (Wildman–Crippen LogP) is 4.87. The van der Waals surface area contributed by atoms with E-state index in [0.29, 0.717) is 41.7 Å². The Hall–Kier alpha value is -2.50. The number of carbonyl (C=O) groups excluding carboxylic acids is 2. The molecular formula is C23H23Cl2NO4. The highest BCUT2D eigenvalue weighted by atomic mass is 35.5. The average molecular weight is 448 g/mol. The van der Waals surface area contributed by atoms with Crippen LogP contribution >= 0.6 is 23.2 Å². The first-order chi connectivity index (χ1) is 14.5. The normalized spacial score (nSPS) is 14.7. The second-order valence-electron chi connectivity index (χ2n) is 6.91. The summed E-state index contributed by atoms with van der Waals surface area (Å²) in [7, 11) is 0. The van der Waals surface area contributed by atoms with Crippen molar-refractivity contribution in [3.05, 3.63) is 70.2 Å². The molecule has 1 aliphatic rings. The number of esters is 1. The molecular weight excluding hydrogens is 425 g/mol. The van der Waals surface area contributed by atoms with Crippen LogP contribution in [0.3, 0.4) is 0 Å². The molecule has 1 aliphatic heterocycles. The Morgan fingerprint density at radius 3 is 2.30 bits per heavy atom. The summed E-state index contributed by atoms with van der Waals surface area (Å²) >= 11 is 12.1. The summed E-state index contributed by atoms with van der Waals surface area (Å²) < 4.78 is 10.8. The molecule has 0 aromatic heterocycles. The highest BCUT2D eigenvalue weighted by molar-refractivity contribution is 6.37. The molecule has 0 spiro atoms. The minimum Gasteiger partial charge on any atom is -0.487 e. The van der Waals surface area contributed by atoms with E-state index in [0.717, 1.165) is 5.56 Å². The molecule has 0 saturated carbocycles. The number of rotatable bonds is 7. The minimum atomic E-state index is -0.268. The third-order valence-corrected chi connectivity index (χ3v) is 5.45. The first kappa shape index (κ1) is 22.2. The van der Waals surface area contributed by atoms with E-state index in [9.17, 15) is 9.59 Å². The van der Waals surface area contributed by atoms with Crippen molar-refractivity contribution in [2.24, 2.45) is 5.92 Å². The average Bonchev–Trinajstić information content (AvgIpc) is 2.77. The maximum atomic E-state index is 12.3. The van der Waals surface area contributed by atoms with Gasteiger partial charge in [-0.2, -0.15) is 0 Å². The van der Waals surface area contributed by atoms with Crippen molar-refractivity contribution >= 4 is 41.2 Å². The zero-order valence-corrected chi connectivity index (χ0v) is 17.9. The number of hydrogen-bond acceptors (Lipinski definition) is 4. The number of para-hydroxylation sites is 1. The van der Waals surface area contributed by atoms with E-state index in [1.54, 1.807) is 35.3 Å². The zero-order valence-electron chi connectivity index (χ0n) is 16.4. The molecule has 1 saturated heterocycles. The van der Waals surface area contributed by atoms with E-state index in [4.69, 9.17) is 32.7 Å². The van der Waals surface area contributed by atoms with E-state index in [2.05, 4.69) is 0 Å². The van der Waals surface area contributed by atoms with Crippen LogP contribution in [0.25, 0.3) is 6.08 Å². The van der Waals surface area contributed by atoms with Crippen LogP contribution in [0.15, 0.2) is 54.6 Å². The van der Waals surface area contributed by atoms with E-state index >= 15 is 0 Å². The lowest BCUT2D eigenvalue weighted by atomic mass is 9.97. The van der Waals surface area contributed by atoms with E-state index in [-0.39, 0.29) is 31.0 Å². The number of nitrogens with zero attached hydrogens (tertiary/aromatic N) is 1. The molecule has 3 rings (SSSR count). The zero-order chi connectivity index (χ0) is 21.3. The number of hydrogen-bond donors (Lipinski definition) is 0. The number of likely N-dealkylation sites (tertiary alicyclic amines) is 1. The third kappa shape index (κ3) is 6.25. The van der Waals surface area contributed by atoms with Crippen LogP contribution in [0.2, 0.25) is 10.0 Å². The van der Waals surface area contributed by atoms with Crippen LogP contribution < -0.4 is 4.74 Å². The Bertz CT molecular complexity index is 873. The molecule has 0 bridgehead atoms. The Morgan fingerprint density at radius 1 is 0.967 bits per heavy atom. The fourth-order valence-corrected chi connectivity index (χ4v) is 3.70. The van der Waals surface area contributed by atoms with Gasteiger partial charge < -0.3 is 14.4 Å². The fourth-order valence-electron chi connectivity index (χ4n) is 3.20. The van der Waals surface area contributed by atoms with Gasteiger partial charge in [0.25, 0.3) is 0 Å². The molecule has 2 aromatic carbocycles. The van der Waals surface area contributed by atoms with Gasteiger partial charge in [0.05, 0.1) is 16.0 Å². The lowest BCUT2D eigenvalue weighted by Gasteiger charge is -2.30. The molecule has 0 atom stereocenters. The summed E-state index contributed by atoms with van der Waals surface area (Å²) in [5, 5.41) is 0.819. The Kier molecular flexibility index (Phi) is 8.17. The second kappa shape index (κ2) is 11.0. The van der Waals surface area contributed by atoms with E-state index in [1.807, 2.05) is 30.3 Å². The summed E-state index contributed by atoms with van der Waals surface area (Å²) in [5.74, 6) is -0.144. The topological polar surface area (TPSA) is 55.8 Å². The van der Waals surface area contributed by atoms with Gasteiger partial charge in [-0.25, -0.2) is 0 Å². The molecule has 7 heteroatoms. The van der Waals surface area contributed by atoms with Gasteiger partial charge in [-0.1, -0.05) is 59.6 Å². The summed E-state index contributed by atoms with van der Waals surface area (Å²) in [6.45, 7) is 1.34. The molecule has 0 N–H and O–H groups in total. The minimum absolute atomic E-state index is 0.0457. The highest BCUT2D eigenvalue weighted by Gasteiger charge is 2.27. The summed E-state index contributed by atoms with van der Waals surface area (Å²) in [6, 6.07) is 14.8. The van der Waals surface area contributed by atoms with Crippen molar-refractivity contribution in [3.63, 3.8) is 0 Å². The number of piperidine rings is 1. The maximum Gasteiger partial charge on any atom is 0.309 e. The molecule has 2 aromatic rings. The van der Waals surface area contributed by atoms with Gasteiger partial charge in [-0.3, -0.25) is 9.59 Å².